The normalized spacial score (nSPS) is 14.9. The number of carbonyl (C=O) groups excluding carboxylic acids is 1. The van der Waals surface area contributed by atoms with Gasteiger partial charge in [0.15, 0.2) is 0 Å². The van der Waals surface area contributed by atoms with E-state index in [1.807, 2.05) is 35.5 Å². The van der Waals surface area contributed by atoms with Crippen LogP contribution in [0.4, 0.5) is 5.69 Å². The van der Waals surface area contributed by atoms with Gasteiger partial charge < -0.3 is 5.32 Å². The van der Waals surface area contributed by atoms with Gasteiger partial charge in [-0.15, -0.1) is 11.8 Å². The summed E-state index contributed by atoms with van der Waals surface area (Å²) < 4.78 is 2.03. The van der Waals surface area contributed by atoms with Crippen LogP contribution in [-0.4, -0.2) is 20.9 Å². The molecule has 4 nitrogen and oxygen atoms in total. The maximum atomic E-state index is 12.7. The molecule has 0 saturated heterocycles. The highest BCUT2D eigenvalue weighted by Gasteiger charge is 2.19. The molecule has 0 spiro atoms. The van der Waals surface area contributed by atoms with Crippen LogP contribution >= 0.6 is 11.8 Å². The molecule has 1 aromatic heterocycles. The van der Waals surface area contributed by atoms with Gasteiger partial charge in [-0.05, 0) is 44.7 Å². The van der Waals surface area contributed by atoms with Gasteiger partial charge in [-0.25, -0.2) is 0 Å². The van der Waals surface area contributed by atoms with Crippen LogP contribution in [0.1, 0.15) is 56.5 Å². The third-order valence-electron chi connectivity index (χ3n) is 5.16. The van der Waals surface area contributed by atoms with E-state index in [1.54, 1.807) is 0 Å². The quantitative estimate of drug-likeness (QED) is 0.697. The lowest BCUT2D eigenvalue weighted by Gasteiger charge is -2.14. The Bertz CT molecular complexity index is 791. The summed E-state index contributed by atoms with van der Waals surface area (Å²) in [5.74, 6) is 0.564. The van der Waals surface area contributed by atoms with Crippen LogP contribution < -0.4 is 5.32 Å². The van der Waals surface area contributed by atoms with Gasteiger partial charge in [-0.1, -0.05) is 38.8 Å². The van der Waals surface area contributed by atoms with Crippen molar-refractivity contribution in [1.29, 1.82) is 0 Å². The van der Waals surface area contributed by atoms with Crippen molar-refractivity contribution in [3.8, 4) is 0 Å². The summed E-state index contributed by atoms with van der Waals surface area (Å²) in [5, 5.41) is 8.45. The largest absolute Gasteiger partial charge is 0.325 e. The molecule has 1 aromatic carbocycles. The van der Waals surface area contributed by atoms with E-state index in [2.05, 4.69) is 43.3 Å². The maximum absolute atomic E-state index is 12.7. The number of thioether (sulfide) groups is 1. The van der Waals surface area contributed by atoms with Crippen LogP contribution in [-0.2, 0) is 17.8 Å². The van der Waals surface area contributed by atoms with Gasteiger partial charge in [-0.2, -0.15) is 5.10 Å². The van der Waals surface area contributed by atoms with Gasteiger partial charge in [0.2, 0.25) is 5.91 Å². The lowest BCUT2D eigenvalue weighted by molar-refractivity contribution is -0.115. The van der Waals surface area contributed by atoms with Crippen molar-refractivity contribution in [2.24, 2.45) is 5.92 Å². The zero-order valence-corrected chi connectivity index (χ0v) is 17.7. The molecule has 5 heteroatoms. The Balaban J connectivity index is 1.69. The molecule has 2 aromatic rings. The zero-order chi connectivity index (χ0) is 19.4. The minimum atomic E-state index is 0.0322. The van der Waals surface area contributed by atoms with E-state index in [0.29, 0.717) is 17.6 Å². The number of anilines is 1. The monoisotopic (exact) mass is 385 g/mol. The third-order valence-corrected chi connectivity index (χ3v) is 6.58. The lowest BCUT2D eigenvalue weighted by atomic mass is 10.1. The van der Waals surface area contributed by atoms with E-state index in [0.717, 1.165) is 29.2 Å². The SMILES string of the molecule is Cc1nn(CC(C)C)c(C)c1CC(=O)Nc1ccccc1SC1CCCC1. The van der Waals surface area contributed by atoms with Gasteiger partial charge in [-0.3, -0.25) is 9.48 Å². The topological polar surface area (TPSA) is 46.9 Å². The van der Waals surface area contributed by atoms with Gasteiger partial charge >= 0.3 is 0 Å². The molecule has 1 aliphatic rings. The number of hydrogen-bond acceptors (Lipinski definition) is 3. The molecular formula is C22H31N3OS. The van der Waals surface area contributed by atoms with Crippen molar-refractivity contribution in [2.45, 2.75) is 76.5 Å². The van der Waals surface area contributed by atoms with Crippen LogP contribution in [0.5, 0.6) is 0 Å². The Morgan fingerprint density at radius 2 is 1.96 bits per heavy atom. The zero-order valence-electron chi connectivity index (χ0n) is 16.9. The van der Waals surface area contributed by atoms with Crippen LogP contribution in [0.25, 0.3) is 0 Å². The van der Waals surface area contributed by atoms with E-state index >= 15 is 0 Å². The van der Waals surface area contributed by atoms with Gasteiger partial charge in [0.25, 0.3) is 0 Å². The van der Waals surface area contributed by atoms with Crippen LogP contribution in [0.3, 0.4) is 0 Å². The predicted molar refractivity (Wildman–Crippen MR) is 113 cm³/mol. The molecule has 0 radical (unpaired) electrons. The van der Waals surface area contributed by atoms with E-state index in [9.17, 15) is 4.79 Å². The number of para-hydroxylation sites is 1. The molecule has 0 atom stereocenters. The number of aromatic nitrogens is 2. The highest BCUT2D eigenvalue weighted by atomic mass is 32.2. The van der Waals surface area contributed by atoms with Gasteiger partial charge in [0.1, 0.15) is 0 Å². The molecule has 0 unspecified atom stereocenters. The summed E-state index contributed by atoms with van der Waals surface area (Å²) in [6.45, 7) is 9.31. The minimum Gasteiger partial charge on any atom is -0.325 e. The Labute approximate surface area is 167 Å². The fraction of sp³-hybridized carbons (Fsp3) is 0.545. The molecule has 0 aliphatic heterocycles. The standard InChI is InChI=1S/C22H31N3OS/c1-15(2)14-25-17(4)19(16(3)24-25)13-22(26)23-20-11-7-8-12-21(20)27-18-9-5-6-10-18/h7-8,11-12,15,18H,5-6,9-10,13-14H2,1-4H3,(H,23,26). The number of nitrogens with one attached hydrogen (secondary N) is 1. The van der Waals surface area contributed by atoms with Gasteiger partial charge in [0, 0.05) is 27.9 Å². The predicted octanol–water partition coefficient (Wildman–Crippen LogP) is 5.37. The van der Waals surface area contributed by atoms with E-state index in [1.165, 1.54) is 30.6 Å². The second-order valence-corrected chi connectivity index (χ2v) is 9.31. The first kappa shape index (κ1) is 20.0. The van der Waals surface area contributed by atoms with Crippen molar-refractivity contribution in [1.82, 2.24) is 9.78 Å². The first-order chi connectivity index (χ1) is 12.9. The number of hydrogen-bond donors (Lipinski definition) is 1. The van der Waals surface area contributed by atoms with Crippen LogP contribution in [0.2, 0.25) is 0 Å². The fourth-order valence-corrected chi connectivity index (χ4v) is 5.06. The number of nitrogens with zero attached hydrogens (tertiary/aromatic N) is 2. The first-order valence-electron chi connectivity index (χ1n) is 10.0. The van der Waals surface area contributed by atoms with Crippen molar-refractivity contribution in [3.63, 3.8) is 0 Å². The van der Waals surface area contributed by atoms with E-state index in [4.69, 9.17) is 0 Å². The van der Waals surface area contributed by atoms with Crippen LogP contribution in [0, 0.1) is 19.8 Å². The summed E-state index contributed by atoms with van der Waals surface area (Å²) in [4.78, 5) is 13.9. The Hall–Kier alpha value is -1.75. The molecule has 27 heavy (non-hydrogen) atoms. The fourth-order valence-electron chi connectivity index (χ4n) is 3.73. The van der Waals surface area contributed by atoms with E-state index < -0.39 is 0 Å². The molecule has 1 fully saturated rings. The van der Waals surface area contributed by atoms with Crippen molar-refractivity contribution in [3.05, 3.63) is 41.2 Å². The van der Waals surface area contributed by atoms with Crippen molar-refractivity contribution in [2.75, 3.05) is 5.32 Å². The summed E-state index contributed by atoms with van der Waals surface area (Å²) in [7, 11) is 0. The first-order valence-corrected chi connectivity index (χ1v) is 10.9. The summed E-state index contributed by atoms with van der Waals surface area (Å²) >= 11 is 1.91. The van der Waals surface area contributed by atoms with Crippen molar-refractivity contribution < 1.29 is 4.79 Å². The molecule has 1 heterocycles. The lowest BCUT2D eigenvalue weighted by Crippen LogP contribution is -2.16. The third kappa shape index (κ3) is 5.16. The molecule has 1 N–H and O–H groups in total. The Morgan fingerprint density at radius 3 is 2.67 bits per heavy atom. The Kier molecular flexibility index (Phi) is 6.64. The number of carbonyl (C=O) groups is 1. The van der Waals surface area contributed by atoms with Crippen molar-refractivity contribution >= 4 is 23.4 Å². The summed E-state index contributed by atoms with van der Waals surface area (Å²) in [5.41, 5.74) is 4.04. The highest BCUT2D eigenvalue weighted by Crippen LogP contribution is 2.38. The molecule has 146 valence electrons. The second kappa shape index (κ2) is 8.96. The highest BCUT2D eigenvalue weighted by molar-refractivity contribution is 8.00. The molecule has 3 rings (SSSR count). The maximum Gasteiger partial charge on any atom is 0.228 e. The number of aryl methyl sites for hydroxylation is 1. The Morgan fingerprint density at radius 1 is 1.26 bits per heavy atom. The smallest absolute Gasteiger partial charge is 0.228 e. The average molecular weight is 386 g/mol. The molecule has 1 amide bonds. The molecule has 1 aliphatic carbocycles. The summed E-state index contributed by atoms with van der Waals surface area (Å²) in [6.07, 6.45) is 5.58. The summed E-state index contributed by atoms with van der Waals surface area (Å²) in [6, 6.07) is 8.18. The van der Waals surface area contributed by atoms with E-state index in [-0.39, 0.29) is 5.91 Å². The number of rotatable bonds is 7. The van der Waals surface area contributed by atoms with Crippen LogP contribution in [0.15, 0.2) is 29.2 Å². The minimum absolute atomic E-state index is 0.0322. The molecule has 0 bridgehead atoms. The second-order valence-electron chi connectivity index (χ2n) is 7.97. The number of amides is 1. The number of benzene rings is 1. The average Bonchev–Trinajstić information content (AvgIpc) is 3.20. The van der Waals surface area contributed by atoms with Gasteiger partial charge in [0.05, 0.1) is 17.8 Å². The molecular weight excluding hydrogens is 354 g/mol. The molecule has 1 saturated carbocycles.